The molecule has 2 aromatic rings. The van der Waals surface area contributed by atoms with E-state index in [-0.39, 0.29) is 17.3 Å². The first kappa shape index (κ1) is 16.1. The fourth-order valence-corrected chi connectivity index (χ4v) is 2.34. The third-order valence-corrected chi connectivity index (χ3v) is 3.59. The minimum atomic E-state index is -0.666. The summed E-state index contributed by atoms with van der Waals surface area (Å²) < 4.78 is 19.0. The molecule has 1 aliphatic heterocycles. The van der Waals surface area contributed by atoms with E-state index in [4.69, 9.17) is 22.1 Å². The molecule has 0 saturated carbocycles. The molecule has 0 spiro atoms. The van der Waals surface area contributed by atoms with Crippen LogP contribution in [-0.4, -0.2) is 28.5 Å². The number of halogens is 2. The van der Waals surface area contributed by atoms with Gasteiger partial charge in [-0.2, -0.15) is 4.39 Å². The van der Waals surface area contributed by atoms with Crippen LogP contribution in [0.5, 0.6) is 0 Å². The van der Waals surface area contributed by atoms with Crippen molar-refractivity contribution in [3.8, 4) is 0 Å². The number of carbonyl (C=O) groups is 1. The largest absolute Gasteiger partial charge is 0.465 e. The topological polar surface area (TPSA) is 102 Å². The van der Waals surface area contributed by atoms with Crippen molar-refractivity contribution >= 4 is 29.2 Å². The van der Waals surface area contributed by atoms with Gasteiger partial charge in [-0.15, -0.1) is 0 Å². The number of amides is 1. The summed E-state index contributed by atoms with van der Waals surface area (Å²) in [5.41, 5.74) is 6.26. The van der Waals surface area contributed by atoms with Gasteiger partial charge < -0.3 is 15.8 Å². The van der Waals surface area contributed by atoms with Gasteiger partial charge in [0.15, 0.2) is 0 Å². The van der Waals surface area contributed by atoms with Gasteiger partial charge >= 0.3 is 0 Å². The average molecular weight is 350 g/mol. The molecule has 124 valence electrons. The van der Waals surface area contributed by atoms with E-state index in [9.17, 15) is 9.18 Å². The summed E-state index contributed by atoms with van der Waals surface area (Å²) in [7, 11) is 0. The third-order valence-electron chi connectivity index (χ3n) is 3.37. The second kappa shape index (κ2) is 6.79. The number of anilines is 1. The van der Waals surface area contributed by atoms with Gasteiger partial charge in [0.25, 0.3) is 11.9 Å². The van der Waals surface area contributed by atoms with Gasteiger partial charge in [0.2, 0.25) is 5.95 Å². The van der Waals surface area contributed by atoms with Gasteiger partial charge in [-0.3, -0.25) is 4.79 Å². The summed E-state index contributed by atoms with van der Waals surface area (Å²) in [5, 5.41) is 3.03. The number of aliphatic imine (C=N–C) groups is 1. The Kier molecular flexibility index (Phi) is 4.57. The van der Waals surface area contributed by atoms with Crippen LogP contribution in [0.25, 0.3) is 0 Å². The van der Waals surface area contributed by atoms with E-state index < -0.39 is 17.9 Å². The van der Waals surface area contributed by atoms with Crippen molar-refractivity contribution < 1.29 is 13.9 Å². The normalized spacial score (nSPS) is 16.9. The molecule has 3 N–H and O–H groups in total. The lowest BCUT2D eigenvalue weighted by Gasteiger charge is -2.19. The number of hydrogen-bond donors (Lipinski definition) is 2. The molecule has 7 nitrogen and oxygen atoms in total. The molecule has 3 heterocycles. The zero-order valence-corrected chi connectivity index (χ0v) is 13.1. The summed E-state index contributed by atoms with van der Waals surface area (Å²) in [6.45, 7) is 0.338. The van der Waals surface area contributed by atoms with Gasteiger partial charge in [0.1, 0.15) is 5.69 Å². The van der Waals surface area contributed by atoms with Crippen LogP contribution in [0.4, 0.5) is 10.1 Å². The molecular formula is C15H13ClFN5O2. The fourth-order valence-electron chi connectivity index (χ4n) is 2.23. The van der Waals surface area contributed by atoms with Crippen molar-refractivity contribution in [3.63, 3.8) is 0 Å². The summed E-state index contributed by atoms with van der Waals surface area (Å²) in [4.78, 5) is 23.8. The highest BCUT2D eigenvalue weighted by Gasteiger charge is 2.21. The van der Waals surface area contributed by atoms with Gasteiger partial charge in [0, 0.05) is 18.2 Å². The van der Waals surface area contributed by atoms with Crippen molar-refractivity contribution in [2.45, 2.75) is 12.5 Å². The molecule has 0 radical (unpaired) electrons. The second-order valence-electron chi connectivity index (χ2n) is 5.04. The van der Waals surface area contributed by atoms with Crippen molar-refractivity contribution in [1.29, 1.82) is 0 Å². The number of nitrogens with zero attached hydrogens (tertiary/aromatic N) is 3. The Morgan fingerprint density at radius 3 is 2.92 bits per heavy atom. The predicted molar refractivity (Wildman–Crippen MR) is 86.3 cm³/mol. The number of nitrogens with two attached hydrogens (primary N) is 1. The fraction of sp³-hybridized carbons (Fsp3) is 0.200. The maximum Gasteiger partial charge on any atom is 0.282 e. The maximum absolute atomic E-state index is 14.0. The molecule has 1 atom stereocenters. The first-order valence-electron chi connectivity index (χ1n) is 7.07. The molecule has 0 aliphatic carbocycles. The number of aromatic nitrogens is 2. The Bertz CT molecular complexity index is 797. The van der Waals surface area contributed by atoms with Gasteiger partial charge in [0.05, 0.1) is 29.6 Å². The van der Waals surface area contributed by atoms with E-state index in [1.165, 1.54) is 24.5 Å². The molecule has 3 rings (SSSR count). The van der Waals surface area contributed by atoms with Crippen LogP contribution >= 0.6 is 11.6 Å². The molecule has 1 aliphatic rings. The Hall–Kier alpha value is -2.74. The van der Waals surface area contributed by atoms with E-state index in [1.807, 2.05) is 0 Å². The Morgan fingerprint density at radius 1 is 1.38 bits per heavy atom. The average Bonchev–Trinajstić information content (AvgIpc) is 2.57. The number of carbonyl (C=O) groups excluding carboxylic acids is 1. The van der Waals surface area contributed by atoms with Crippen LogP contribution in [-0.2, 0) is 4.74 Å². The lowest BCUT2D eigenvalue weighted by atomic mass is 10.1. The smallest absolute Gasteiger partial charge is 0.282 e. The zero-order valence-electron chi connectivity index (χ0n) is 12.4. The monoisotopic (exact) mass is 349 g/mol. The Balaban J connectivity index is 1.82. The van der Waals surface area contributed by atoms with E-state index in [1.54, 1.807) is 6.07 Å². The number of rotatable bonds is 3. The highest BCUT2D eigenvalue weighted by atomic mass is 35.5. The number of pyridine rings is 2. The number of hydrogen-bond acceptors (Lipinski definition) is 6. The number of nitrogens with one attached hydrogen (secondary N) is 1. The molecule has 0 bridgehead atoms. The third kappa shape index (κ3) is 3.60. The molecule has 1 amide bonds. The van der Waals surface area contributed by atoms with Crippen molar-refractivity contribution in [1.82, 2.24) is 9.97 Å². The maximum atomic E-state index is 14.0. The first-order valence-corrected chi connectivity index (χ1v) is 7.45. The number of ether oxygens (including phenoxy) is 1. The zero-order chi connectivity index (χ0) is 17.1. The SMILES string of the molecule is NC1=N[C@H](c2cc(NC(=O)c3ccc(Cl)cn3)cnc2F)CCO1. The van der Waals surface area contributed by atoms with Crippen molar-refractivity contribution in [3.05, 3.63) is 52.8 Å². The summed E-state index contributed by atoms with van der Waals surface area (Å²) >= 11 is 5.73. The molecule has 0 saturated heterocycles. The van der Waals surface area contributed by atoms with E-state index in [0.29, 0.717) is 23.7 Å². The minimum Gasteiger partial charge on any atom is -0.465 e. The van der Waals surface area contributed by atoms with E-state index >= 15 is 0 Å². The molecular weight excluding hydrogens is 337 g/mol. The summed E-state index contributed by atoms with van der Waals surface area (Å²) in [6, 6.07) is 4.02. The summed E-state index contributed by atoms with van der Waals surface area (Å²) in [5.74, 6) is -1.12. The van der Waals surface area contributed by atoms with Crippen LogP contribution in [0, 0.1) is 5.95 Å². The van der Waals surface area contributed by atoms with Gasteiger partial charge in [-0.05, 0) is 18.2 Å². The van der Waals surface area contributed by atoms with E-state index in [0.717, 1.165) is 0 Å². The Morgan fingerprint density at radius 2 is 2.21 bits per heavy atom. The van der Waals surface area contributed by atoms with Crippen LogP contribution in [0.1, 0.15) is 28.5 Å². The second-order valence-corrected chi connectivity index (χ2v) is 5.48. The molecule has 0 fully saturated rings. The van der Waals surface area contributed by atoms with E-state index in [2.05, 4.69) is 20.3 Å². The molecule has 0 aromatic carbocycles. The molecule has 24 heavy (non-hydrogen) atoms. The summed E-state index contributed by atoms with van der Waals surface area (Å²) in [6.07, 6.45) is 3.05. The van der Waals surface area contributed by atoms with Gasteiger partial charge in [-0.25, -0.2) is 15.0 Å². The molecule has 0 unspecified atom stereocenters. The lowest BCUT2D eigenvalue weighted by Crippen LogP contribution is -2.24. The highest BCUT2D eigenvalue weighted by Crippen LogP contribution is 2.27. The van der Waals surface area contributed by atoms with Crippen molar-refractivity contribution in [2.24, 2.45) is 10.7 Å². The quantitative estimate of drug-likeness (QED) is 0.828. The predicted octanol–water partition coefficient (Wildman–Crippen LogP) is 2.30. The van der Waals surface area contributed by atoms with Crippen LogP contribution in [0.15, 0.2) is 35.6 Å². The molecule has 2 aromatic heterocycles. The molecule has 9 heteroatoms. The van der Waals surface area contributed by atoms with Gasteiger partial charge in [-0.1, -0.05) is 11.6 Å². The number of amidine groups is 1. The lowest BCUT2D eigenvalue weighted by molar-refractivity contribution is 0.102. The van der Waals surface area contributed by atoms with Crippen LogP contribution in [0.2, 0.25) is 5.02 Å². The highest BCUT2D eigenvalue weighted by molar-refractivity contribution is 6.30. The van der Waals surface area contributed by atoms with Crippen LogP contribution in [0.3, 0.4) is 0 Å². The Labute approximate surface area is 141 Å². The first-order chi connectivity index (χ1) is 11.5. The standard InChI is InChI=1S/C15H13ClFN5O2/c16-8-1-2-12(19-6-8)14(23)21-9-5-10(13(17)20-7-9)11-3-4-24-15(18)22-11/h1-2,5-7,11H,3-4H2,(H2,18,22)(H,21,23)/t11-/m0/s1. The van der Waals surface area contributed by atoms with Crippen molar-refractivity contribution in [2.75, 3.05) is 11.9 Å². The van der Waals surface area contributed by atoms with Crippen LogP contribution < -0.4 is 11.1 Å². The minimum absolute atomic E-state index is 0.00505.